The lowest BCUT2D eigenvalue weighted by atomic mass is 10.3. The van der Waals surface area contributed by atoms with Gasteiger partial charge < -0.3 is 4.74 Å². The fourth-order valence-electron chi connectivity index (χ4n) is 1.57. The Balaban J connectivity index is 2.27. The molecule has 0 aliphatic heterocycles. The van der Waals surface area contributed by atoms with Gasteiger partial charge in [-0.15, -0.1) is 0 Å². The number of imidazole rings is 1. The van der Waals surface area contributed by atoms with Crippen LogP contribution in [-0.2, 0) is 15.7 Å². The summed E-state index contributed by atoms with van der Waals surface area (Å²) in [4.78, 5) is 3.47. The van der Waals surface area contributed by atoms with Crippen LogP contribution in [0.4, 0.5) is 8.78 Å². The summed E-state index contributed by atoms with van der Waals surface area (Å²) in [6.45, 7) is -3.08. The zero-order chi connectivity index (χ0) is 15.6. The van der Waals surface area contributed by atoms with Gasteiger partial charge in [0.05, 0.1) is 0 Å². The first-order chi connectivity index (χ1) is 9.79. The van der Waals surface area contributed by atoms with Gasteiger partial charge in [0, 0.05) is 27.5 Å². The zero-order valence-corrected chi connectivity index (χ0v) is 13.4. The van der Waals surface area contributed by atoms with Crippen LogP contribution in [0.1, 0.15) is 12.4 Å². The third-order valence-corrected chi connectivity index (χ3v) is 4.32. The molecular weight excluding hydrogens is 394 g/mol. The normalized spacial score (nSPS) is 11.9. The van der Waals surface area contributed by atoms with Gasteiger partial charge in [-0.3, -0.25) is 4.57 Å². The third kappa shape index (κ3) is 3.92. The smallest absolute Gasteiger partial charge is 0.320 e. The van der Waals surface area contributed by atoms with Crippen LogP contribution in [0.3, 0.4) is 0 Å². The van der Waals surface area contributed by atoms with Crippen molar-refractivity contribution in [2.45, 2.75) is 18.1 Å². The van der Waals surface area contributed by atoms with Crippen molar-refractivity contribution in [1.29, 1.82) is 0 Å². The minimum absolute atomic E-state index is 0.0363. The average molecular weight is 402 g/mol. The number of hydrogen-bond acceptors (Lipinski definition) is 4. The van der Waals surface area contributed by atoms with Gasteiger partial charge in [0.2, 0.25) is 0 Å². The van der Waals surface area contributed by atoms with Crippen LogP contribution in [-0.4, -0.2) is 18.0 Å². The quantitative estimate of drug-likeness (QED) is 0.719. The molecule has 10 heteroatoms. The van der Waals surface area contributed by atoms with Gasteiger partial charge in [-0.05, 0) is 18.2 Å². The van der Waals surface area contributed by atoms with Crippen molar-refractivity contribution in [3.05, 3.63) is 40.9 Å². The lowest BCUT2D eigenvalue weighted by molar-refractivity contribution is 0.0631. The molecule has 0 fully saturated rings. The number of benzene rings is 1. The van der Waals surface area contributed by atoms with Gasteiger partial charge in [-0.1, -0.05) is 15.9 Å². The van der Waals surface area contributed by atoms with Gasteiger partial charge in [0.1, 0.15) is 17.3 Å². The molecule has 0 bridgehead atoms. The van der Waals surface area contributed by atoms with Crippen molar-refractivity contribution in [1.82, 2.24) is 9.55 Å². The van der Waals surface area contributed by atoms with Crippen LogP contribution in [0, 0.1) is 0 Å². The Morgan fingerprint density at radius 2 is 2.14 bits per heavy atom. The molecule has 0 aliphatic carbocycles. The highest BCUT2D eigenvalue weighted by Gasteiger charge is 2.19. The van der Waals surface area contributed by atoms with Crippen molar-refractivity contribution in [3.63, 3.8) is 0 Å². The summed E-state index contributed by atoms with van der Waals surface area (Å²) in [5.74, 6) is -0.0807. The van der Waals surface area contributed by atoms with Crippen molar-refractivity contribution in [3.8, 4) is 5.75 Å². The molecule has 0 aliphatic rings. The molecule has 0 unspecified atom stereocenters. The van der Waals surface area contributed by atoms with Crippen LogP contribution in [0.5, 0.6) is 5.75 Å². The molecular formula is C11H8BrClF2N2O3S. The Morgan fingerprint density at radius 3 is 2.76 bits per heavy atom. The first-order valence-corrected chi connectivity index (χ1v) is 8.56. The van der Waals surface area contributed by atoms with Gasteiger partial charge in [0.15, 0.2) is 5.82 Å². The summed E-state index contributed by atoms with van der Waals surface area (Å²) < 4.78 is 54.6. The molecule has 0 atom stereocenters. The number of nitrogens with zero attached hydrogens (tertiary/aromatic N) is 2. The lowest BCUT2D eigenvalue weighted by Gasteiger charge is -2.11. The fourth-order valence-corrected chi connectivity index (χ4v) is 3.08. The highest BCUT2D eigenvalue weighted by Crippen LogP contribution is 2.30. The second-order valence-corrected chi connectivity index (χ2v) is 7.30. The monoisotopic (exact) mass is 400 g/mol. The van der Waals surface area contributed by atoms with Crippen molar-refractivity contribution in [2.24, 2.45) is 0 Å². The van der Waals surface area contributed by atoms with Gasteiger partial charge >= 0.3 is 6.55 Å². The van der Waals surface area contributed by atoms with E-state index in [-0.39, 0.29) is 23.1 Å². The van der Waals surface area contributed by atoms with E-state index in [0.29, 0.717) is 9.04 Å². The van der Waals surface area contributed by atoms with Crippen molar-refractivity contribution >= 4 is 35.7 Å². The zero-order valence-electron chi connectivity index (χ0n) is 10.2. The van der Waals surface area contributed by atoms with E-state index in [1.165, 1.54) is 18.3 Å². The molecule has 2 rings (SSSR count). The van der Waals surface area contributed by atoms with Crippen LogP contribution >= 0.6 is 26.6 Å². The van der Waals surface area contributed by atoms with Gasteiger partial charge in [0.25, 0.3) is 9.05 Å². The SMILES string of the molecule is O=S(=O)(Cl)c1cc(Br)ccc1OCc1nccn1C(F)F. The first kappa shape index (κ1) is 16.2. The van der Waals surface area contributed by atoms with E-state index in [0.717, 1.165) is 6.20 Å². The molecule has 21 heavy (non-hydrogen) atoms. The first-order valence-electron chi connectivity index (χ1n) is 5.46. The molecule has 0 saturated heterocycles. The number of hydrogen-bond donors (Lipinski definition) is 0. The minimum atomic E-state index is -4.03. The van der Waals surface area contributed by atoms with Crippen LogP contribution in [0.25, 0.3) is 0 Å². The largest absolute Gasteiger partial charge is 0.484 e. The summed E-state index contributed by atoms with van der Waals surface area (Å²) in [7, 11) is 1.28. The summed E-state index contributed by atoms with van der Waals surface area (Å²) >= 11 is 3.11. The van der Waals surface area contributed by atoms with Gasteiger partial charge in [-0.2, -0.15) is 8.78 Å². The number of ether oxygens (including phenoxy) is 1. The molecule has 0 spiro atoms. The van der Waals surface area contributed by atoms with E-state index in [1.54, 1.807) is 6.07 Å². The van der Waals surface area contributed by atoms with Crippen LogP contribution in [0.2, 0.25) is 0 Å². The molecule has 0 amide bonds. The number of aromatic nitrogens is 2. The number of rotatable bonds is 5. The maximum atomic E-state index is 12.7. The highest BCUT2D eigenvalue weighted by molar-refractivity contribution is 9.10. The molecule has 0 radical (unpaired) electrons. The Hall–Kier alpha value is -1.19. The molecule has 2 aromatic rings. The molecule has 0 saturated carbocycles. The fraction of sp³-hybridized carbons (Fsp3) is 0.182. The molecule has 114 valence electrons. The maximum absolute atomic E-state index is 12.7. The Kier molecular flexibility index (Phi) is 4.84. The van der Waals surface area contributed by atoms with Crippen molar-refractivity contribution < 1.29 is 21.9 Å². The summed E-state index contributed by atoms with van der Waals surface area (Å²) in [6, 6.07) is 4.17. The molecule has 1 aromatic carbocycles. The Morgan fingerprint density at radius 1 is 1.43 bits per heavy atom. The second kappa shape index (κ2) is 6.29. The lowest BCUT2D eigenvalue weighted by Crippen LogP contribution is -2.08. The summed E-state index contributed by atoms with van der Waals surface area (Å²) in [5, 5.41) is 0. The minimum Gasteiger partial charge on any atom is -0.484 e. The second-order valence-electron chi connectivity index (χ2n) is 3.85. The van der Waals surface area contributed by atoms with E-state index in [2.05, 4.69) is 20.9 Å². The van der Waals surface area contributed by atoms with Gasteiger partial charge in [-0.25, -0.2) is 13.4 Å². The molecule has 0 N–H and O–H groups in total. The predicted octanol–water partition coefficient (Wildman–Crippen LogP) is 3.55. The Bertz CT molecular complexity index is 752. The third-order valence-electron chi connectivity index (χ3n) is 2.48. The highest BCUT2D eigenvalue weighted by atomic mass is 79.9. The van der Waals surface area contributed by atoms with Crippen LogP contribution < -0.4 is 4.74 Å². The van der Waals surface area contributed by atoms with E-state index in [9.17, 15) is 17.2 Å². The Labute approximate surface area is 132 Å². The van der Waals surface area contributed by atoms with Crippen molar-refractivity contribution in [2.75, 3.05) is 0 Å². The summed E-state index contributed by atoms with van der Waals surface area (Å²) in [6.07, 6.45) is 2.30. The standard InChI is InChI=1S/C11H8BrClF2N2O3S/c12-7-1-2-8(9(5-7)21(13,18)19)20-6-10-16-3-4-17(10)11(14)15/h1-5,11H,6H2. The van der Waals surface area contributed by atoms with E-state index >= 15 is 0 Å². The van der Waals surface area contributed by atoms with Crippen LogP contribution in [0.15, 0.2) is 40.0 Å². The predicted molar refractivity (Wildman–Crippen MR) is 75.0 cm³/mol. The molecule has 5 nitrogen and oxygen atoms in total. The molecule has 1 heterocycles. The van der Waals surface area contributed by atoms with E-state index < -0.39 is 15.6 Å². The maximum Gasteiger partial charge on any atom is 0.320 e. The topological polar surface area (TPSA) is 61.2 Å². The summed E-state index contributed by atoms with van der Waals surface area (Å²) in [5.41, 5.74) is 0. The van der Waals surface area contributed by atoms with E-state index in [4.69, 9.17) is 15.4 Å². The average Bonchev–Trinajstić information content (AvgIpc) is 2.84. The number of alkyl halides is 2. The van der Waals surface area contributed by atoms with E-state index in [1.807, 2.05) is 0 Å². The molecule has 1 aromatic heterocycles. The number of halogens is 4.